The zero-order valence-corrected chi connectivity index (χ0v) is 15.4. The van der Waals surface area contributed by atoms with Gasteiger partial charge in [0, 0.05) is 6.20 Å². The fourth-order valence-electron chi connectivity index (χ4n) is 3.57. The summed E-state index contributed by atoms with van der Waals surface area (Å²) in [6, 6.07) is 12.1. The summed E-state index contributed by atoms with van der Waals surface area (Å²) >= 11 is 0. The van der Waals surface area contributed by atoms with Gasteiger partial charge in [-0.15, -0.1) is 10.2 Å². The van der Waals surface area contributed by atoms with Gasteiger partial charge in [-0.1, -0.05) is 18.2 Å². The van der Waals surface area contributed by atoms with Crippen LogP contribution in [0.15, 0.2) is 63.8 Å². The van der Waals surface area contributed by atoms with Gasteiger partial charge in [0.25, 0.3) is 5.89 Å². The molecule has 5 aromatic rings. The average molecular weight is 399 g/mol. The second-order valence-corrected chi connectivity index (χ2v) is 6.75. The normalized spacial score (nSPS) is 15.6. The zero-order valence-electron chi connectivity index (χ0n) is 15.4. The summed E-state index contributed by atoms with van der Waals surface area (Å²) in [6.07, 6.45) is 3.21. The Bertz CT molecular complexity index is 1340. The first-order valence-electron chi connectivity index (χ1n) is 9.21. The molecule has 1 aliphatic heterocycles. The molecule has 6 rings (SSSR count). The number of aromatic nitrogens is 6. The minimum absolute atomic E-state index is 0.137. The number of nitrogens with one attached hydrogen (secondary N) is 1. The van der Waals surface area contributed by atoms with Crippen molar-refractivity contribution in [2.45, 2.75) is 12.6 Å². The Morgan fingerprint density at radius 1 is 1.07 bits per heavy atom. The second kappa shape index (κ2) is 6.34. The molecule has 0 radical (unpaired) electrons. The van der Waals surface area contributed by atoms with E-state index in [1.54, 1.807) is 35.6 Å². The van der Waals surface area contributed by atoms with Crippen molar-refractivity contribution in [3.8, 4) is 11.6 Å². The fraction of sp³-hybridized carbons (Fsp3) is 0.100. The number of H-pyrrole nitrogens is 1. The van der Waals surface area contributed by atoms with E-state index in [-0.39, 0.29) is 11.8 Å². The number of hydrogen-bond acceptors (Lipinski definition) is 8. The molecule has 1 amide bonds. The number of benzene rings is 1. The van der Waals surface area contributed by atoms with E-state index >= 15 is 0 Å². The van der Waals surface area contributed by atoms with Crippen LogP contribution in [0.3, 0.4) is 0 Å². The Labute approximate surface area is 168 Å². The Hall–Kier alpha value is -4.34. The summed E-state index contributed by atoms with van der Waals surface area (Å²) < 4.78 is 11.5. The van der Waals surface area contributed by atoms with E-state index in [0.29, 0.717) is 34.9 Å². The van der Waals surface area contributed by atoms with E-state index in [0.717, 1.165) is 5.69 Å². The Kier molecular flexibility index (Phi) is 3.51. The van der Waals surface area contributed by atoms with Crippen LogP contribution in [0.1, 0.15) is 34.0 Å². The van der Waals surface area contributed by atoms with Crippen LogP contribution in [0.25, 0.3) is 22.7 Å². The number of nitrogens with zero attached hydrogens (tertiary/aromatic N) is 6. The van der Waals surface area contributed by atoms with Crippen molar-refractivity contribution in [3.63, 3.8) is 0 Å². The quantitative estimate of drug-likeness (QED) is 0.491. The third-order valence-electron chi connectivity index (χ3n) is 4.95. The molecule has 4 aromatic heterocycles. The largest absolute Gasteiger partial charge is 0.438 e. The standard InChI is InChI=1S/C20H13N7O3/c28-20(19-26-25-17(30-19)12-6-3-4-8-21-12)27-9-13-15(23-10-22-13)16(27)18-24-11-5-1-2-7-14(11)29-18/h1-8,10,16H,9H2,(H,22,23)/t16-/m0/s1. The summed E-state index contributed by atoms with van der Waals surface area (Å²) in [6.45, 7) is 0.291. The molecule has 1 aliphatic rings. The number of para-hydroxylation sites is 2. The first-order chi connectivity index (χ1) is 14.8. The molecule has 0 aliphatic carbocycles. The Balaban J connectivity index is 1.38. The van der Waals surface area contributed by atoms with E-state index < -0.39 is 11.9 Å². The van der Waals surface area contributed by atoms with Gasteiger partial charge in [-0.2, -0.15) is 0 Å². The summed E-state index contributed by atoms with van der Waals surface area (Å²) in [5.41, 5.74) is 3.32. The maximum atomic E-state index is 13.3. The fourth-order valence-corrected chi connectivity index (χ4v) is 3.57. The smallest absolute Gasteiger partial charge is 0.312 e. The molecule has 0 saturated heterocycles. The highest BCUT2D eigenvalue weighted by Crippen LogP contribution is 2.38. The highest BCUT2D eigenvalue weighted by molar-refractivity contribution is 5.90. The molecule has 0 saturated carbocycles. The molecule has 1 N–H and O–H groups in total. The minimum Gasteiger partial charge on any atom is -0.438 e. The number of fused-ring (bicyclic) bond motifs is 2. The molecule has 0 fully saturated rings. The minimum atomic E-state index is -0.601. The lowest BCUT2D eigenvalue weighted by molar-refractivity contribution is 0.0656. The highest BCUT2D eigenvalue weighted by Gasteiger charge is 2.42. The van der Waals surface area contributed by atoms with Crippen molar-refractivity contribution in [2.75, 3.05) is 0 Å². The molecule has 10 heteroatoms. The van der Waals surface area contributed by atoms with Gasteiger partial charge < -0.3 is 18.7 Å². The number of rotatable bonds is 3. The number of imidazole rings is 1. The molecule has 1 aromatic carbocycles. The van der Waals surface area contributed by atoms with Gasteiger partial charge in [-0.25, -0.2) is 9.97 Å². The van der Waals surface area contributed by atoms with Crippen molar-refractivity contribution < 1.29 is 13.6 Å². The van der Waals surface area contributed by atoms with E-state index in [1.165, 1.54) is 0 Å². The zero-order chi connectivity index (χ0) is 20.1. The first kappa shape index (κ1) is 16.6. The maximum absolute atomic E-state index is 13.3. The first-order valence-corrected chi connectivity index (χ1v) is 9.21. The van der Waals surface area contributed by atoms with Gasteiger partial charge >= 0.3 is 11.8 Å². The van der Waals surface area contributed by atoms with Gasteiger partial charge in [0.15, 0.2) is 11.6 Å². The predicted octanol–water partition coefficient (Wildman–Crippen LogP) is 2.74. The molecule has 0 bridgehead atoms. The van der Waals surface area contributed by atoms with Crippen LogP contribution in [-0.4, -0.2) is 40.9 Å². The summed E-state index contributed by atoms with van der Waals surface area (Å²) in [5.74, 6) is -0.0293. The van der Waals surface area contributed by atoms with Gasteiger partial charge in [0.2, 0.25) is 5.89 Å². The van der Waals surface area contributed by atoms with Gasteiger partial charge in [0.05, 0.1) is 24.3 Å². The summed E-state index contributed by atoms with van der Waals surface area (Å²) in [4.78, 5) is 31.0. The van der Waals surface area contributed by atoms with E-state index in [4.69, 9.17) is 8.83 Å². The lowest BCUT2D eigenvalue weighted by Crippen LogP contribution is -2.31. The van der Waals surface area contributed by atoms with Crippen LogP contribution in [0.4, 0.5) is 0 Å². The highest BCUT2D eigenvalue weighted by atomic mass is 16.4. The second-order valence-electron chi connectivity index (χ2n) is 6.75. The van der Waals surface area contributed by atoms with Crippen molar-refractivity contribution in [2.24, 2.45) is 0 Å². The number of carbonyl (C=O) groups is 1. The van der Waals surface area contributed by atoms with Crippen LogP contribution >= 0.6 is 0 Å². The third kappa shape index (κ3) is 2.50. The number of amides is 1. The van der Waals surface area contributed by atoms with Crippen LogP contribution in [-0.2, 0) is 6.54 Å². The maximum Gasteiger partial charge on any atom is 0.312 e. The molecule has 1 atom stereocenters. The molecule has 146 valence electrons. The lowest BCUT2D eigenvalue weighted by Gasteiger charge is -2.20. The van der Waals surface area contributed by atoms with E-state index in [2.05, 4.69) is 30.1 Å². The van der Waals surface area contributed by atoms with Gasteiger partial charge in [-0.05, 0) is 24.3 Å². The lowest BCUT2D eigenvalue weighted by atomic mass is 10.2. The Morgan fingerprint density at radius 2 is 1.97 bits per heavy atom. The number of hydrogen-bond donors (Lipinski definition) is 1. The van der Waals surface area contributed by atoms with Crippen LogP contribution in [0.5, 0.6) is 0 Å². The number of aromatic amines is 1. The number of oxazole rings is 1. The Morgan fingerprint density at radius 3 is 2.83 bits per heavy atom. The van der Waals surface area contributed by atoms with Crippen molar-refractivity contribution in [1.82, 2.24) is 35.0 Å². The average Bonchev–Trinajstić information content (AvgIpc) is 3.56. The van der Waals surface area contributed by atoms with Crippen molar-refractivity contribution in [3.05, 3.63) is 78.2 Å². The van der Waals surface area contributed by atoms with Crippen LogP contribution in [0.2, 0.25) is 0 Å². The third-order valence-corrected chi connectivity index (χ3v) is 4.95. The van der Waals surface area contributed by atoms with E-state index in [1.807, 2.05) is 24.3 Å². The molecule has 30 heavy (non-hydrogen) atoms. The molecular weight excluding hydrogens is 386 g/mol. The van der Waals surface area contributed by atoms with Crippen LogP contribution < -0.4 is 0 Å². The van der Waals surface area contributed by atoms with Gasteiger partial charge in [-0.3, -0.25) is 9.78 Å². The molecule has 5 heterocycles. The molecule has 0 spiro atoms. The molecule has 0 unspecified atom stereocenters. The number of carbonyl (C=O) groups excluding carboxylic acids is 1. The number of pyridine rings is 1. The summed E-state index contributed by atoms with van der Waals surface area (Å²) in [7, 11) is 0. The van der Waals surface area contributed by atoms with Crippen molar-refractivity contribution >= 4 is 17.0 Å². The van der Waals surface area contributed by atoms with Crippen molar-refractivity contribution in [1.29, 1.82) is 0 Å². The molecule has 10 nitrogen and oxygen atoms in total. The molecular formula is C20H13N7O3. The van der Waals surface area contributed by atoms with Gasteiger partial charge in [0.1, 0.15) is 11.2 Å². The van der Waals surface area contributed by atoms with Crippen LogP contribution in [0, 0.1) is 0 Å². The monoisotopic (exact) mass is 399 g/mol. The van der Waals surface area contributed by atoms with E-state index in [9.17, 15) is 4.79 Å². The predicted molar refractivity (Wildman–Crippen MR) is 102 cm³/mol. The SMILES string of the molecule is O=C(c1nnc(-c2ccccn2)o1)N1Cc2[nH]cnc2[C@H]1c1nc2ccccc2o1. The topological polar surface area (TPSA) is 127 Å². The summed E-state index contributed by atoms with van der Waals surface area (Å²) in [5, 5.41) is 7.88.